The topological polar surface area (TPSA) is 41.1 Å². The zero-order chi connectivity index (χ0) is 20.2. The van der Waals surface area contributed by atoms with Crippen LogP contribution in [0.4, 0.5) is 5.69 Å². The fourth-order valence-electron chi connectivity index (χ4n) is 2.68. The van der Waals surface area contributed by atoms with Crippen LogP contribution in [0.1, 0.15) is 37.0 Å². The van der Waals surface area contributed by atoms with Gasteiger partial charge in [0.2, 0.25) is 0 Å². The molecule has 0 aliphatic carbocycles. The molecule has 0 spiro atoms. The van der Waals surface area contributed by atoms with Gasteiger partial charge in [0.1, 0.15) is 0 Å². The van der Waals surface area contributed by atoms with Crippen molar-refractivity contribution >= 4 is 28.1 Å². The van der Waals surface area contributed by atoms with Gasteiger partial charge in [-0.15, -0.1) is 0 Å². The standard InChI is InChI=1S/C13H21ClN2.C9H12OS/c1-4-8-16-9-7-11-5-6-12(14)13(15-3)10(11)2;1-3-11(10)9-6-4-8(2)5-7-9/h5-6,15-16H,4,7-9H2,1-3H3;4-7H,3H2,1-2H3. The maximum Gasteiger partial charge on any atom is 0.0640 e. The lowest BCUT2D eigenvalue weighted by Crippen LogP contribution is -2.18. The Morgan fingerprint density at radius 2 is 1.67 bits per heavy atom. The van der Waals surface area contributed by atoms with E-state index >= 15 is 0 Å². The number of aryl methyl sites for hydroxylation is 1. The molecule has 1 unspecified atom stereocenters. The van der Waals surface area contributed by atoms with Crippen molar-refractivity contribution < 1.29 is 4.21 Å². The van der Waals surface area contributed by atoms with E-state index in [0.29, 0.717) is 5.75 Å². The molecule has 0 fully saturated rings. The predicted octanol–water partition coefficient (Wildman–Crippen LogP) is 5.35. The van der Waals surface area contributed by atoms with E-state index in [1.165, 1.54) is 23.1 Å². The summed E-state index contributed by atoms with van der Waals surface area (Å²) in [6, 6.07) is 11.9. The van der Waals surface area contributed by atoms with Crippen LogP contribution in [-0.2, 0) is 17.2 Å². The van der Waals surface area contributed by atoms with E-state index in [4.69, 9.17) is 11.6 Å². The predicted molar refractivity (Wildman–Crippen MR) is 121 cm³/mol. The zero-order valence-corrected chi connectivity index (χ0v) is 18.8. The summed E-state index contributed by atoms with van der Waals surface area (Å²) in [7, 11) is 1.11. The first-order chi connectivity index (χ1) is 12.9. The van der Waals surface area contributed by atoms with Crippen LogP contribution >= 0.6 is 11.6 Å². The van der Waals surface area contributed by atoms with Gasteiger partial charge in [0.05, 0.1) is 21.5 Å². The highest BCUT2D eigenvalue weighted by Crippen LogP contribution is 2.27. The van der Waals surface area contributed by atoms with Crippen molar-refractivity contribution in [2.75, 3.05) is 31.2 Å². The molecule has 27 heavy (non-hydrogen) atoms. The summed E-state index contributed by atoms with van der Waals surface area (Å²) >= 11 is 6.11. The molecule has 0 radical (unpaired) electrons. The van der Waals surface area contributed by atoms with Crippen LogP contribution in [0.2, 0.25) is 5.02 Å². The van der Waals surface area contributed by atoms with Gasteiger partial charge >= 0.3 is 0 Å². The second kappa shape index (κ2) is 12.9. The molecule has 5 heteroatoms. The number of hydrogen-bond donors (Lipinski definition) is 2. The second-order valence-corrected chi connectivity index (χ2v) is 8.55. The molecular formula is C22H33ClN2OS. The molecular weight excluding hydrogens is 376 g/mol. The van der Waals surface area contributed by atoms with Crippen molar-refractivity contribution in [3.63, 3.8) is 0 Å². The molecule has 0 aliphatic heterocycles. The first-order valence-corrected chi connectivity index (χ1v) is 11.3. The number of benzene rings is 2. The molecule has 0 amide bonds. The molecule has 2 N–H and O–H groups in total. The summed E-state index contributed by atoms with van der Waals surface area (Å²) in [5, 5.41) is 7.36. The Kier molecular flexibility index (Phi) is 11.3. The highest BCUT2D eigenvalue weighted by Gasteiger charge is 2.06. The molecule has 0 bridgehead atoms. The molecule has 2 rings (SSSR count). The Morgan fingerprint density at radius 1 is 1.00 bits per heavy atom. The molecule has 0 saturated heterocycles. The summed E-state index contributed by atoms with van der Waals surface area (Å²) in [5.41, 5.74) is 4.88. The highest BCUT2D eigenvalue weighted by molar-refractivity contribution is 7.85. The lowest BCUT2D eigenvalue weighted by atomic mass is 10.0. The molecule has 150 valence electrons. The molecule has 0 aliphatic rings. The van der Waals surface area contributed by atoms with Gasteiger partial charge in [-0.05, 0) is 69.1 Å². The maximum absolute atomic E-state index is 11.2. The summed E-state index contributed by atoms with van der Waals surface area (Å²) < 4.78 is 11.2. The van der Waals surface area contributed by atoms with Crippen LogP contribution in [0.3, 0.4) is 0 Å². The fourth-order valence-corrected chi connectivity index (χ4v) is 3.75. The Bertz CT molecular complexity index is 717. The van der Waals surface area contributed by atoms with Gasteiger partial charge in [-0.1, -0.05) is 49.2 Å². The summed E-state index contributed by atoms with van der Waals surface area (Å²) in [5.74, 6) is 0.697. The molecule has 0 aromatic heterocycles. The largest absolute Gasteiger partial charge is 0.387 e. The van der Waals surface area contributed by atoms with Crippen LogP contribution < -0.4 is 10.6 Å². The Hall–Kier alpha value is -1.36. The molecule has 2 aromatic carbocycles. The number of anilines is 1. The normalized spacial score (nSPS) is 11.5. The maximum atomic E-state index is 11.2. The highest BCUT2D eigenvalue weighted by atomic mass is 35.5. The monoisotopic (exact) mass is 408 g/mol. The smallest absolute Gasteiger partial charge is 0.0640 e. The van der Waals surface area contributed by atoms with Gasteiger partial charge < -0.3 is 10.6 Å². The van der Waals surface area contributed by atoms with E-state index in [1.807, 2.05) is 51.2 Å². The van der Waals surface area contributed by atoms with Crippen LogP contribution in [0, 0.1) is 13.8 Å². The molecule has 3 nitrogen and oxygen atoms in total. The zero-order valence-electron chi connectivity index (χ0n) is 17.2. The SMILES string of the molecule is CCCNCCc1ccc(Cl)c(NC)c1C.CCS(=O)c1ccc(C)cc1. The third-order valence-corrected chi connectivity index (χ3v) is 5.96. The van der Waals surface area contributed by atoms with Crippen molar-refractivity contribution in [1.29, 1.82) is 0 Å². The minimum Gasteiger partial charge on any atom is -0.387 e. The van der Waals surface area contributed by atoms with Crippen LogP contribution in [0.25, 0.3) is 0 Å². The first kappa shape index (κ1) is 23.7. The molecule has 0 heterocycles. The Morgan fingerprint density at radius 3 is 2.22 bits per heavy atom. The van der Waals surface area contributed by atoms with Gasteiger partial charge in [-0.3, -0.25) is 4.21 Å². The van der Waals surface area contributed by atoms with E-state index in [-0.39, 0.29) is 0 Å². The lowest BCUT2D eigenvalue weighted by molar-refractivity contribution is 0.670. The van der Waals surface area contributed by atoms with Crippen molar-refractivity contribution in [2.45, 2.75) is 45.4 Å². The average Bonchev–Trinajstić information content (AvgIpc) is 2.67. The van der Waals surface area contributed by atoms with Crippen molar-refractivity contribution in [1.82, 2.24) is 5.32 Å². The summed E-state index contributed by atoms with van der Waals surface area (Å²) in [4.78, 5) is 0.929. The second-order valence-electron chi connectivity index (χ2n) is 6.40. The minimum absolute atomic E-state index is 0.697. The number of rotatable bonds is 8. The van der Waals surface area contributed by atoms with Crippen molar-refractivity contribution in [3.05, 3.63) is 58.1 Å². The van der Waals surface area contributed by atoms with Crippen LogP contribution in [0.5, 0.6) is 0 Å². The fraction of sp³-hybridized carbons (Fsp3) is 0.455. The third kappa shape index (κ3) is 8.04. The quantitative estimate of drug-likeness (QED) is 0.578. The van der Waals surface area contributed by atoms with Crippen LogP contribution in [-0.4, -0.2) is 30.1 Å². The number of halogens is 1. The van der Waals surface area contributed by atoms with Gasteiger partial charge in [-0.25, -0.2) is 0 Å². The minimum atomic E-state index is -0.799. The first-order valence-electron chi connectivity index (χ1n) is 9.56. The van der Waals surface area contributed by atoms with E-state index < -0.39 is 10.8 Å². The lowest BCUT2D eigenvalue weighted by Gasteiger charge is -2.13. The van der Waals surface area contributed by atoms with E-state index in [1.54, 1.807) is 0 Å². The molecule has 1 atom stereocenters. The average molecular weight is 409 g/mol. The van der Waals surface area contributed by atoms with Gasteiger partial charge in [-0.2, -0.15) is 0 Å². The Labute approximate surface area is 172 Å². The Balaban J connectivity index is 0.000000289. The number of hydrogen-bond acceptors (Lipinski definition) is 3. The number of nitrogens with one attached hydrogen (secondary N) is 2. The third-order valence-electron chi connectivity index (χ3n) is 4.32. The summed E-state index contributed by atoms with van der Waals surface area (Å²) in [6.07, 6.45) is 2.24. The van der Waals surface area contributed by atoms with Crippen LogP contribution in [0.15, 0.2) is 41.3 Å². The van der Waals surface area contributed by atoms with Crippen molar-refractivity contribution in [3.8, 4) is 0 Å². The van der Waals surface area contributed by atoms with E-state index in [2.05, 4.69) is 30.5 Å². The van der Waals surface area contributed by atoms with E-state index in [9.17, 15) is 4.21 Å². The van der Waals surface area contributed by atoms with E-state index in [0.717, 1.165) is 35.1 Å². The van der Waals surface area contributed by atoms with Gasteiger partial charge in [0, 0.05) is 17.7 Å². The van der Waals surface area contributed by atoms with Crippen molar-refractivity contribution in [2.24, 2.45) is 0 Å². The molecule has 2 aromatic rings. The van der Waals surface area contributed by atoms with Gasteiger partial charge in [0.15, 0.2) is 0 Å². The van der Waals surface area contributed by atoms with Gasteiger partial charge in [0.25, 0.3) is 0 Å². The molecule has 0 saturated carbocycles. The summed E-state index contributed by atoms with van der Waals surface area (Å²) in [6.45, 7) is 10.4.